The molecule has 10 aromatic carbocycles. The zero-order chi connectivity index (χ0) is 83.9. The molecule has 23 heteroatoms. The van der Waals surface area contributed by atoms with Crippen LogP contribution in [0, 0.1) is 52.1 Å². The van der Waals surface area contributed by atoms with Gasteiger partial charge in [0, 0.05) is 60.7 Å². The Morgan fingerprint density at radius 3 is 0.899 bits per heavy atom. The molecular formula is C96H74Cl3F3N10O7. The van der Waals surface area contributed by atoms with Crippen molar-refractivity contribution >= 4 is 94.1 Å². The molecule has 15 aromatic rings. The van der Waals surface area contributed by atoms with E-state index in [9.17, 15) is 37.1 Å². The van der Waals surface area contributed by atoms with Crippen LogP contribution in [0.4, 0.5) is 13.2 Å². The number of carbonyl (C=O) groups excluding carboxylic acids is 5. The number of rotatable bonds is 20. The summed E-state index contributed by atoms with van der Waals surface area (Å²) in [4.78, 5) is 60.6. The van der Waals surface area contributed by atoms with Crippen molar-refractivity contribution in [3.63, 3.8) is 0 Å². The first-order valence-electron chi connectivity index (χ1n) is 37.0. The van der Waals surface area contributed by atoms with Gasteiger partial charge in [0.2, 0.25) is 6.79 Å². The molecule has 0 atom stereocenters. The van der Waals surface area contributed by atoms with E-state index < -0.39 is 11.6 Å². The van der Waals surface area contributed by atoms with E-state index in [1.54, 1.807) is 97.1 Å². The van der Waals surface area contributed by atoms with Crippen molar-refractivity contribution in [3.8, 4) is 67.8 Å². The van der Waals surface area contributed by atoms with Crippen molar-refractivity contribution in [1.29, 1.82) is 0 Å². The summed E-state index contributed by atoms with van der Waals surface area (Å²) in [5, 5.41) is 37.0. The minimum absolute atomic E-state index is 0.0346. The predicted octanol–water partition coefficient (Wildman–Crippen LogP) is 23.5. The second-order valence-electron chi connectivity index (χ2n) is 27.2. The number of nitrogens with one attached hydrogen (secondary N) is 5. The molecule has 0 amide bonds. The summed E-state index contributed by atoms with van der Waals surface area (Å²) in [5.74, 6) is -0.988. The molecule has 16 rings (SSSR count). The highest BCUT2D eigenvalue weighted by Gasteiger charge is 2.17. The lowest BCUT2D eigenvalue weighted by Crippen LogP contribution is -1.93. The third-order valence-electron chi connectivity index (χ3n) is 18.1. The van der Waals surface area contributed by atoms with E-state index in [4.69, 9.17) is 44.3 Å². The smallest absolute Gasteiger partial charge is 0.231 e. The van der Waals surface area contributed by atoms with E-state index in [0.29, 0.717) is 77.0 Å². The lowest BCUT2D eigenvalue weighted by atomic mass is 10.1. The van der Waals surface area contributed by atoms with E-state index in [0.717, 1.165) is 102 Å². The van der Waals surface area contributed by atoms with Crippen LogP contribution in [0.2, 0.25) is 15.1 Å². The zero-order valence-electron chi connectivity index (χ0n) is 64.6. The van der Waals surface area contributed by atoms with Gasteiger partial charge in [-0.2, -0.15) is 25.5 Å². The summed E-state index contributed by atoms with van der Waals surface area (Å²) in [6, 6.07) is 74.4. The Morgan fingerprint density at radius 1 is 0.294 bits per heavy atom. The number of allylic oxidation sites excluding steroid dienone is 5. The number of halogens is 6. The standard InChI is InChI=1S/C20H16N2O3.C19H14Cl2N2O.C19H15ClN2O.C19H14F2N2O.C19H15FN2O/c1-13-2-4-14(5-3-13)18(23)8-7-16-11-17(22-21-16)15-6-9-19-20(10-15)25-12-24-19;1-12-2-4-13(5-3-12)19(24)9-7-15-11-18(23-22-15)14-6-8-16(20)17(21)10-14;1-13-2-4-15(5-3-13)19(23)11-10-17-12-18(22-21-17)14-6-8-16(20)9-7-14;1-12-2-4-13(5-3-12)19(24)9-7-15-11-18(23-22-15)14-6-8-16(20)17(21)10-14;1-13-2-4-15(5-3-13)19(23)11-10-17-12-18(22-21-17)14-6-8-16(20)9-7-14/h2-11H,12H2,1H3,(H,21,22);2-11H,1H3,(H,22,23);2-12H,1H3,(H,21,22);2-11H,1H3,(H,22,23);2-12H,1H3,(H,21,22)/b8-7+;9-7+;11-10+;9-7+;11-10+. The Labute approximate surface area is 698 Å². The Morgan fingerprint density at radius 2 is 0.571 bits per heavy atom. The Kier molecular flexibility index (Phi) is 28.4. The average molecular weight is 1640 g/mol. The molecule has 0 spiro atoms. The highest BCUT2D eigenvalue weighted by Crippen LogP contribution is 2.36. The third-order valence-corrected chi connectivity index (χ3v) is 19.1. The number of aryl methyl sites for hydroxylation is 5. The summed E-state index contributed by atoms with van der Waals surface area (Å²) in [5.41, 5.74) is 19.9. The molecule has 0 radical (unpaired) electrons. The maximum absolute atomic E-state index is 13.3. The largest absolute Gasteiger partial charge is 0.454 e. The quantitative estimate of drug-likeness (QED) is 0.0353. The fourth-order valence-corrected chi connectivity index (χ4v) is 11.8. The molecule has 0 bridgehead atoms. The van der Waals surface area contributed by atoms with Crippen LogP contribution in [0.25, 0.3) is 86.7 Å². The first-order valence-corrected chi connectivity index (χ1v) is 38.2. The van der Waals surface area contributed by atoms with Gasteiger partial charge in [-0.25, -0.2) is 13.2 Å². The zero-order valence-corrected chi connectivity index (χ0v) is 66.9. The van der Waals surface area contributed by atoms with Gasteiger partial charge in [-0.1, -0.05) is 202 Å². The molecule has 0 saturated carbocycles. The summed E-state index contributed by atoms with van der Waals surface area (Å²) in [6.07, 6.45) is 16.0. The molecule has 0 saturated heterocycles. The van der Waals surface area contributed by atoms with Crippen molar-refractivity contribution in [2.45, 2.75) is 34.6 Å². The van der Waals surface area contributed by atoms with Crippen molar-refractivity contribution in [2.24, 2.45) is 0 Å². The van der Waals surface area contributed by atoms with Gasteiger partial charge in [-0.15, -0.1) is 0 Å². The molecule has 5 aromatic heterocycles. The molecule has 119 heavy (non-hydrogen) atoms. The minimum atomic E-state index is -0.929. The second kappa shape index (κ2) is 40.2. The number of H-pyrrole nitrogens is 5. The Bertz CT molecular complexity index is 5940. The van der Waals surface area contributed by atoms with Crippen LogP contribution in [0.1, 0.15) is 108 Å². The third kappa shape index (κ3) is 24.1. The van der Waals surface area contributed by atoms with Crippen LogP contribution in [-0.2, 0) is 0 Å². The lowest BCUT2D eigenvalue weighted by molar-refractivity contribution is 0.103. The van der Waals surface area contributed by atoms with Gasteiger partial charge in [-0.05, 0) is 211 Å². The maximum atomic E-state index is 13.3. The van der Waals surface area contributed by atoms with E-state index in [1.165, 1.54) is 36.4 Å². The monoisotopic (exact) mass is 1640 g/mol. The molecule has 1 aliphatic heterocycles. The topological polar surface area (TPSA) is 247 Å². The summed E-state index contributed by atoms with van der Waals surface area (Å²) in [6.45, 7) is 10.1. The number of hydrogen-bond donors (Lipinski definition) is 5. The van der Waals surface area contributed by atoms with Gasteiger partial charge >= 0.3 is 0 Å². The van der Waals surface area contributed by atoms with Gasteiger partial charge in [-0.3, -0.25) is 49.5 Å². The molecule has 6 heterocycles. The number of aromatic amines is 5. The molecule has 0 unspecified atom stereocenters. The predicted molar refractivity (Wildman–Crippen MR) is 464 cm³/mol. The van der Waals surface area contributed by atoms with Crippen LogP contribution >= 0.6 is 34.8 Å². The van der Waals surface area contributed by atoms with Gasteiger partial charge < -0.3 is 9.47 Å². The van der Waals surface area contributed by atoms with E-state index in [2.05, 4.69) is 51.0 Å². The highest BCUT2D eigenvalue weighted by molar-refractivity contribution is 6.42. The fraction of sp³-hybridized carbons (Fsp3) is 0.0625. The maximum Gasteiger partial charge on any atom is 0.231 e. The second-order valence-corrected chi connectivity index (χ2v) is 28.5. The number of fused-ring (bicyclic) bond motifs is 1. The van der Waals surface area contributed by atoms with Gasteiger partial charge in [0.05, 0.1) is 67.0 Å². The number of ether oxygens (including phenoxy) is 2. The van der Waals surface area contributed by atoms with E-state index in [-0.39, 0.29) is 41.5 Å². The summed E-state index contributed by atoms with van der Waals surface area (Å²) in [7, 11) is 0. The van der Waals surface area contributed by atoms with Crippen molar-refractivity contribution in [3.05, 3.63) is 402 Å². The van der Waals surface area contributed by atoms with Gasteiger partial charge in [0.25, 0.3) is 0 Å². The molecular weight excluding hydrogens is 1570 g/mol. The van der Waals surface area contributed by atoms with E-state index in [1.807, 2.05) is 204 Å². The van der Waals surface area contributed by atoms with Gasteiger partial charge in [0.1, 0.15) is 5.82 Å². The molecule has 592 valence electrons. The minimum Gasteiger partial charge on any atom is -0.454 e. The summed E-state index contributed by atoms with van der Waals surface area (Å²) >= 11 is 17.8. The molecule has 1 aliphatic rings. The molecule has 17 nitrogen and oxygen atoms in total. The first-order chi connectivity index (χ1) is 57.5. The van der Waals surface area contributed by atoms with Crippen molar-refractivity contribution in [2.75, 3.05) is 6.79 Å². The molecule has 0 aliphatic carbocycles. The highest BCUT2D eigenvalue weighted by atomic mass is 35.5. The molecule has 5 N–H and O–H groups in total. The number of aromatic nitrogens is 10. The normalized spacial score (nSPS) is 11.4. The fourth-order valence-electron chi connectivity index (χ4n) is 11.4. The van der Waals surface area contributed by atoms with Crippen molar-refractivity contribution < 1.29 is 46.6 Å². The summed E-state index contributed by atoms with van der Waals surface area (Å²) < 4.78 is 49.9. The Hall–Kier alpha value is -14.4. The Balaban J connectivity index is 0.000000137. The number of nitrogens with zero attached hydrogens (tertiary/aromatic N) is 5. The number of carbonyl (C=O) groups is 5. The van der Waals surface area contributed by atoms with E-state index >= 15 is 0 Å². The number of hydrogen-bond acceptors (Lipinski definition) is 12. The lowest BCUT2D eigenvalue weighted by Gasteiger charge is -1.98. The van der Waals surface area contributed by atoms with Crippen LogP contribution < -0.4 is 9.47 Å². The molecule has 0 fully saturated rings. The average Bonchev–Trinajstić information content (AvgIpc) is 1.84. The van der Waals surface area contributed by atoms with Gasteiger partial charge in [0.15, 0.2) is 52.0 Å². The van der Waals surface area contributed by atoms with Crippen molar-refractivity contribution in [1.82, 2.24) is 51.0 Å². The van der Waals surface area contributed by atoms with Crippen LogP contribution in [-0.4, -0.2) is 86.7 Å². The first kappa shape index (κ1) is 84.0. The number of ketones is 5. The SMILES string of the molecule is Cc1ccc(C(=O)/C=C/c2cc(-c3ccc(Cl)c(Cl)c3)n[nH]2)cc1.Cc1ccc(C(=O)/C=C/c2cc(-c3ccc(Cl)cc3)n[nH]2)cc1.Cc1ccc(C(=O)/C=C/c2cc(-c3ccc(F)c(F)c3)n[nH]2)cc1.Cc1ccc(C(=O)/C=C/c2cc(-c3ccc(F)cc3)n[nH]2)cc1.Cc1ccc(C(=O)/C=C/c2cc(-c3ccc4c(c3)OCO4)n[nH]2)cc1. The van der Waals surface area contributed by atoms with Crippen LogP contribution in [0.5, 0.6) is 11.5 Å². The van der Waals surface area contributed by atoms with Crippen LogP contribution in [0.15, 0.2) is 285 Å². The van der Waals surface area contributed by atoms with Crippen LogP contribution in [0.3, 0.4) is 0 Å². The number of benzene rings is 10.